The molecule has 4 bridgehead atoms. The molecule has 2 nitrogen and oxygen atoms in total. The summed E-state index contributed by atoms with van der Waals surface area (Å²) in [6.45, 7) is 2.72. The third-order valence-corrected chi connectivity index (χ3v) is 5.64. The molecule has 4 rings (SSSR count). The predicted octanol–water partition coefficient (Wildman–Crippen LogP) is 3.51. The average molecular weight is 273 g/mol. The molecule has 4 aliphatic carbocycles. The molecule has 0 unspecified atom stereocenters. The van der Waals surface area contributed by atoms with Crippen LogP contribution in [0, 0.1) is 35.0 Å². The summed E-state index contributed by atoms with van der Waals surface area (Å²) < 4.78 is 0. The lowest BCUT2D eigenvalue weighted by Gasteiger charge is -2.55. The van der Waals surface area contributed by atoms with E-state index in [4.69, 9.17) is 0 Å². The number of carbonyl (C=O) groups excluding carboxylic acids is 1. The first-order valence-electron chi connectivity index (χ1n) is 8.46. The maximum atomic E-state index is 12.6. The van der Waals surface area contributed by atoms with Gasteiger partial charge in [0.25, 0.3) is 0 Å². The van der Waals surface area contributed by atoms with Gasteiger partial charge in [-0.2, -0.15) is 0 Å². The number of carbonyl (C=O) groups is 1. The second-order valence-corrected chi connectivity index (χ2v) is 7.34. The fourth-order valence-corrected chi connectivity index (χ4v) is 5.12. The van der Waals surface area contributed by atoms with E-state index in [0.29, 0.717) is 12.5 Å². The van der Waals surface area contributed by atoms with Gasteiger partial charge in [0.05, 0.1) is 6.54 Å². The van der Waals surface area contributed by atoms with Crippen molar-refractivity contribution >= 4 is 5.91 Å². The standard InChI is InChI=1S/C18H27NO/c1-2-3-4-5-6-7-19-17(20)18-11-14-8-15(12-18)10-16(9-14)13-18/h14-16H,2-4,7-13H2,1H3,(H,19,20). The van der Waals surface area contributed by atoms with E-state index in [1.807, 2.05) is 0 Å². The normalized spacial score (nSPS) is 37.4. The Kier molecular flexibility index (Phi) is 4.06. The van der Waals surface area contributed by atoms with Crippen LogP contribution in [0.4, 0.5) is 0 Å². The Labute approximate surface area is 123 Å². The predicted molar refractivity (Wildman–Crippen MR) is 80.9 cm³/mol. The van der Waals surface area contributed by atoms with E-state index in [1.165, 1.54) is 25.7 Å². The van der Waals surface area contributed by atoms with E-state index in [-0.39, 0.29) is 5.41 Å². The Morgan fingerprint density at radius 3 is 2.25 bits per heavy atom. The van der Waals surface area contributed by atoms with Crippen LogP contribution in [0.1, 0.15) is 64.7 Å². The third-order valence-electron chi connectivity index (χ3n) is 5.64. The van der Waals surface area contributed by atoms with Crippen molar-refractivity contribution in [1.82, 2.24) is 5.32 Å². The first-order valence-corrected chi connectivity index (χ1v) is 8.46. The summed E-state index contributed by atoms with van der Waals surface area (Å²) in [5, 5.41) is 3.10. The van der Waals surface area contributed by atoms with Gasteiger partial charge in [0.1, 0.15) is 0 Å². The van der Waals surface area contributed by atoms with Gasteiger partial charge in [0.15, 0.2) is 0 Å². The van der Waals surface area contributed by atoms with Crippen molar-refractivity contribution in [2.24, 2.45) is 23.2 Å². The van der Waals surface area contributed by atoms with Gasteiger partial charge >= 0.3 is 0 Å². The van der Waals surface area contributed by atoms with Crippen LogP contribution in [-0.4, -0.2) is 12.5 Å². The van der Waals surface area contributed by atoms with E-state index in [9.17, 15) is 4.79 Å². The van der Waals surface area contributed by atoms with Gasteiger partial charge in [0.2, 0.25) is 5.91 Å². The Morgan fingerprint density at radius 2 is 1.70 bits per heavy atom. The lowest BCUT2D eigenvalue weighted by atomic mass is 9.49. The van der Waals surface area contributed by atoms with E-state index < -0.39 is 0 Å². The van der Waals surface area contributed by atoms with Crippen LogP contribution < -0.4 is 5.32 Å². The number of amides is 1. The van der Waals surface area contributed by atoms with Crippen molar-refractivity contribution in [2.45, 2.75) is 64.7 Å². The van der Waals surface area contributed by atoms with Crippen molar-refractivity contribution < 1.29 is 4.79 Å². The highest BCUT2D eigenvalue weighted by Gasteiger charge is 2.54. The van der Waals surface area contributed by atoms with E-state index in [0.717, 1.165) is 49.9 Å². The van der Waals surface area contributed by atoms with Crippen molar-refractivity contribution in [3.05, 3.63) is 0 Å². The SMILES string of the molecule is CCCCC#CCNC(=O)C12CC3CC(CC(C3)C1)C2. The maximum Gasteiger partial charge on any atom is 0.226 e. The fraction of sp³-hybridized carbons (Fsp3) is 0.833. The summed E-state index contributed by atoms with van der Waals surface area (Å²) in [5.41, 5.74) is -0.0140. The fourth-order valence-electron chi connectivity index (χ4n) is 5.12. The van der Waals surface area contributed by atoms with E-state index in [1.54, 1.807) is 0 Å². The first kappa shape index (κ1) is 14.0. The minimum atomic E-state index is -0.0140. The number of nitrogens with one attached hydrogen (secondary N) is 1. The molecule has 0 aromatic heterocycles. The van der Waals surface area contributed by atoms with Crippen LogP contribution in [0.5, 0.6) is 0 Å². The minimum Gasteiger partial charge on any atom is -0.345 e. The number of hydrogen-bond donors (Lipinski definition) is 1. The molecule has 1 N–H and O–H groups in total. The molecule has 0 aromatic carbocycles. The summed E-state index contributed by atoms with van der Waals surface area (Å²) in [5.74, 6) is 9.07. The molecule has 0 aromatic rings. The summed E-state index contributed by atoms with van der Waals surface area (Å²) in [6.07, 6.45) is 10.9. The molecule has 110 valence electrons. The largest absolute Gasteiger partial charge is 0.345 e. The zero-order valence-corrected chi connectivity index (χ0v) is 12.7. The van der Waals surface area contributed by atoms with Gasteiger partial charge in [-0.25, -0.2) is 0 Å². The highest BCUT2D eigenvalue weighted by Crippen LogP contribution is 2.60. The molecule has 0 heterocycles. The Morgan fingerprint density at radius 1 is 1.10 bits per heavy atom. The van der Waals surface area contributed by atoms with Gasteiger partial charge in [-0.1, -0.05) is 19.3 Å². The highest BCUT2D eigenvalue weighted by molar-refractivity contribution is 5.83. The molecule has 0 atom stereocenters. The monoisotopic (exact) mass is 273 g/mol. The Balaban J connectivity index is 1.53. The molecule has 4 fully saturated rings. The lowest BCUT2D eigenvalue weighted by molar-refractivity contribution is -0.145. The number of rotatable bonds is 4. The van der Waals surface area contributed by atoms with Crippen LogP contribution >= 0.6 is 0 Å². The van der Waals surface area contributed by atoms with Crippen LogP contribution in [0.2, 0.25) is 0 Å². The summed E-state index contributed by atoms with van der Waals surface area (Å²) in [4.78, 5) is 12.6. The molecule has 4 aliphatic rings. The molecule has 0 aliphatic heterocycles. The van der Waals surface area contributed by atoms with Gasteiger partial charge in [0, 0.05) is 11.8 Å². The summed E-state index contributed by atoms with van der Waals surface area (Å²) in [7, 11) is 0. The molecule has 4 saturated carbocycles. The minimum absolute atomic E-state index is 0.0140. The van der Waals surface area contributed by atoms with E-state index in [2.05, 4.69) is 24.1 Å². The Bertz CT molecular complexity index is 393. The second-order valence-electron chi connectivity index (χ2n) is 7.34. The van der Waals surface area contributed by atoms with Crippen molar-refractivity contribution in [3.63, 3.8) is 0 Å². The first-order chi connectivity index (χ1) is 9.72. The molecule has 0 spiro atoms. The smallest absolute Gasteiger partial charge is 0.226 e. The lowest BCUT2D eigenvalue weighted by Crippen LogP contribution is -2.53. The van der Waals surface area contributed by atoms with Crippen LogP contribution in [-0.2, 0) is 4.79 Å². The molecule has 0 saturated heterocycles. The van der Waals surface area contributed by atoms with Crippen molar-refractivity contribution in [1.29, 1.82) is 0 Å². The molecule has 20 heavy (non-hydrogen) atoms. The quantitative estimate of drug-likeness (QED) is 0.616. The summed E-state index contributed by atoms with van der Waals surface area (Å²) in [6, 6.07) is 0. The topological polar surface area (TPSA) is 29.1 Å². The number of unbranched alkanes of at least 4 members (excludes halogenated alkanes) is 2. The second kappa shape index (κ2) is 5.80. The van der Waals surface area contributed by atoms with E-state index >= 15 is 0 Å². The molecule has 1 amide bonds. The summed E-state index contributed by atoms with van der Waals surface area (Å²) >= 11 is 0. The van der Waals surface area contributed by atoms with Crippen molar-refractivity contribution in [3.8, 4) is 11.8 Å². The van der Waals surface area contributed by atoms with Gasteiger partial charge in [-0.15, -0.1) is 5.92 Å². The molecular weight excluding hydrogens is 246 g/mol. The van der Waals surface area contributed by atoms with Crippen LogP contribution in [0.3, 0.4) is 0 Å². The van der Waals surface area contributed by atoms with Crippen molar-refractivity contribution in [2.75, 3.05) is 6.54 Å². The average Bonchev–Trinajstić information content (AvgIpc) is 2.41. The Hall–Kier alpha value is -0.970. The zero-order valence-electron chi connectivity index (χ0n) is 12.7. The van der Waals surface area contributed by atoms with Gasteiger partial charge in [-0.05, 0) is 62.7 Å². The van der Waals surface area contributed by atoms with Gasteiger partial charge in [-0.3, -0.25) is 4.79 Å². The maximum absolute atomic E-state index is 12.6. The molecular formula is C18H27NO. The third kappa shape index (κ3) is 2.73. The van der Waals surface area contributed by atoms with Gasteiger partial charge < -0.3 is 5.32 Å². The number of hydrogen-bond acceptors (Lipinski definition) is 1. The highest BCUT2D eigenvalue weighted by atomic mass is 16.2. The zero-order chi connectivity index (χ0) is 14.0. The molecule has 2 heteroatoms. The van der Waals surface area contributed by atoms with Crippen LogP contribution in [0.15, 0.2) is 0 Å². The molecule has 0 radical (unpaired) electrons. The van der Waals surface area contributed by atoms with Crippen LogP contribution in [0.25, 0.3) is 0 Å².